The van der Waals surface area contributed by atoms with Gasteiger partial charge in [-0.15, -0.1) is 0 Å². The van der Waals surface area contributed by atoms with E-state index in [0.29, 0.717) is 12.5 Å². The van der Waals surface area contributed by atoms with Crippen LogP contribution in [-0.2, 0) is 16.0 Å². The van der Waals surface area contributed by atoms with E-state index in [1.807, 2.05) is 17.0 Å². The SMILES string of the molecule is CCN(C)C[C@H]1CC2(CCN(C(=O)Cc3ccc(O)cc3)CC2)CO1. The molecule has 1 spiro atoms. The van der Waals surface area contributed by atoms with Crippen molar-refractivity contribution in [3.63, 3.8) is 0 Å². The molecule has 2 fully saturated rings. The van der Waals surface area contributed by atoms with E-state index < -0.39 is 0 Å². The Morgan fingerprint density at radius 1 is 1.32 bits per heavy atom. The van der Waals surface area contributed by atoms with Crippen LogP contribution in [0.15, 0.2) is 24.3 Å². The van der Waals surface area contributed by atoms with Gasteiger partial charge in [-0.25, -0.2) is 0 Å². The molecular weight excluding hydrogens is 316 g/mol. The van der Waals surface area contributed by atoms with E-state index in [-0.39, 0.29) is 17.1 Å². The van der Waals surface area contributed by atoms with Crippen LogP contribution in [0.3, 0.4) is 0 Å². The van der Waals surface area contributed by atoms with E-state index >= 15 is 0 Å². The fraction of sp³-hybridized carbons (Fsp3) is 0.650. The number of likely N-dealkylation sites (tertiary alicyclic amines) is 1. The highest BCUT2D eigenvalue weighted by molar-refractivity contribution is 5.78. The number of hydrogen-bond donors (Lipinski definition) is 1. The number of carbonyl (C=O) groups excluding carboxylic acids is 1. The van der Waals surface area contributed by atoms with E-state index in [1.54, 1.807) is 12.1 Å². The Kier molecular flexibility index (Phi) is 5.64. The van der Waals surface area contributed by atoms with Gasteiger partial charge in [0.15, 0.2) is 0 Å². The summed E-state index contributed by atoms with van der Waals surface area (Å²) in [5, 5.41) is 9.34. The quantitative estimate of drug-likeness (QED) is 0.889. The van der Waals surface area contributed by atoms with Crippen LogP contribution in [-0.4, -0.2) is 66.8 Å². The van der Waals surface area contributed by atoms with Crippen molar-refractivity contribution in [3.05, 3.63) is 29.8 Å². The predicted molar refractivity (Wildman–Crippen MR) is 97.6 cm³/mol. The normalized spacial score (nSPS) is 22.7. The molecule has 2 saturated heterocycles. The molecule has 2 heterocycles. The lowest BCUT2D eigenvalue weighted by Crippen LogP contribution is -2.44. The second kappa shape index (κ2) is 7.75. The number of hydrogen-bond acceptors (Lipinski definition) is 4. The number of rotatable bonds is 5. The van der Waals surface area contributed by atoms with Gasteiger partial charge < -0.3 is 19.6 Å². The lowest BCUT2D eigenvalue weighted by molar-refractivity contribution is -0.132. The maximum Gasteiger partial charge on any atom is 0.226 e. The summed E-state index contributed by atoms with van der Waals surface area (Å²) in [6.45, 7) is 6.72. The number of ether oxygens (including phenoxy) is 1. The molecule has 0 radical (unpaired) electrons. The molecule has 2 aliphatic rings. The van der Waals surface area contributed by atoms with Crippen molar-refractivity contribution in [1.82, 2.24) is 9.80 Å². The second-order valence-corrected chi connectivity index (χ2v) is 7.72. The van der Waals surface area contributed by atoms with Crippen LogP contribution < -0.4 is 0 Å². The molecule has 1 amide bonds. The van der Waals surface area contributed by atoms with Gasteiger partial charge in [-0.3, -0.25) is 4.79 Å². The van der Waals surface area contributed by atoms with Crippen molar-refractivity contribution in [2.75, 3.05) is 39.8 Å². The fourth-order valence-electron chi connectivity index (χ4n) is 3.97. The molecule has 2 aliphatic heterocycles. The lowest BCUT2D eigenvalue weighted by Gasteiger charge is -2.38. The Bertz CT molecular complexity index is 579. The first kappa shape index (κ1) is 18.2. The Balaban J connectivity index is 1.48. The van der Waals surface area contributed by atoms with Gasteiger partial charge in [0.2, 0.25) is 5.91 Å². The molecule has 0 aromatic heterocycles. The summed E-state index contributed by atoms with van der Waals surface area (Å²) in [7, 11) is 2.14. The van der Waals surface area contributed by atoms with Crippen LogP contribution in [0.5, 0.6) is 5.75 Å². The number of likely N-dealkylation sites (N-methyl/N-ethyl adjacent to an activating group) is 1. The summed E-state index contributed by atoms with van der Waals surface area (Å²) in [5.41, 5.74) is 1.23. The molecule has 1 aromatic rings. The topological polar surface area (TPSA) is 53.0 Å². The molecule has 5 nitrogen and oxygen atoms in total. The molecule has 3 rings (SSSR count). The fourth-order valence-corrected chi connectivity index (χ4v) is 3.97. The number of piperidine rings is 1. The van der Waals surface area contributed by atoms with E-state index in [4.69, 9.17) is 4.74 Å². The van der Waals surface area contributed by atoms with Gasteiger partial charge >= 0.3 is 0 Å². The van der Waals surface area contributed by atoms with Gasteiger partial charge in [-0.05, 0) is 56.0 Å². The third-order valence-electron chi connectivity index (χ3n) is 5.81. The monoisotopic (exact) mass is 346 g/mol. The zero-order valence-corrected chi connectivity index (χ0v) is 15.4. The molecule has 1 atom stereocenters. The van der Waals surface area contributed by atoms with E-state index in [1.165, 1.54) is 0 Å². The summed E-state index contributed by atoms with van der Waals surface area (Å²) >= 11 is 0. The smallest absolute Gasteiger partial charge is 0.226 e. The van der Waals surface area contributed by atoms with Gasteiger partial charge in [-0.1, -0.05) is 19.1 Å². The van der Waals surface area contributed by atoms with Crippen molar-refractivity contribution in [1.29, 1.82) is 0 Å². The van der Waals surface area contributed by atoms with Crippen LogP contribution in [0, 0.1) is 5.41 Å². The molecule has 0 bridgehead atoms. The summed E-state index contributed by atoms with van der Waals surface area (Å²) in [6.07, 6.45) is 3.95. The van der Waals surface area contributed by atoms with Crippen LogP contribution >= 0.6 is 0 Å². The van der Waals surface area contributed by atoms with Crippen LogP contribution in [0.4, 0.5) is 0 Å². The van der Waals surface area contributed by atoms with Crippen LogP contribution in [0.1, 0.15) is 31.7 Å². The van der Waals surface area contributed by atoms with Crippen molar-refractivity contribution < 1.29 is 14.6 Å². The maximum atomic E-state index is 12.5. The Hall–Kier alpha value is -1.59. The van der Waals surface area contributed by atoms with Crippen LogP contribution in [0.2, 0.25) is 0 Å². The largest absolute Gasteiger partial charge is 0.508 e. The molecule has 138 valence electrons. The molecule has 0 saturated carbocycles. The average molecular weight is 346 g/mol. The molecule has 1 aromatic carbocycles. The summed E-state index contributed by atoms with van der Waals surface area (Å²) in [5.74, 6) is 0.419. The second-order valence-electron chi connectivity index (χ2n) is 7.72. The van der Waals surface area contributed by atoms with Crippen molar-refractivity contribution in [2.45, 2.75) is 38.7 Å². The zero-order chi connectivity index (χ0) is 17.9. The first-order valence-electron chi connectivity index (χ1n) is 9.35. The van der Waals surface area contributed by atoms with Gasteiger partial charge in [0.1, 0.15) is 5.75 Å². The van der Waals surface area contributed by atoms with Crippen molar-refractivity contribution >= 4 is 5.91 Å². The van der Waals surface area contributed by atoms with Crippen LogP contribution in [0.25, 0.3) is 0 Å². The van der Waals surface area contributed by atoms with E-state index in [9.17, 15) is 9.90 Å². The van der Waals surface area contributed by atoms with Gasteiger partial charge in [-0.2, -0.15) is 0 Å². The summed E-state index contributed by atoms with van der Waals surface area (Å²) < 4.78 is 6.05. The maximum absolute atomic E-state index is 12.5. The molecule has 25 heavy (non-hydrogen) atoms. The average Bonchev–Trinajstić information content (AvgIpc) is 2.99. The molecule has 0 aliphatic carbocycles. The number of carbonyl (C=O) groups is 1. The first-order chi connectivity index (χ1) is 12.0. The Labute approximate surface area is 150 Å². The standard InChI is InChI=1S/C20H30N2O3/c1-3-21(2)14-18-13-20(15-25-18)8-10-22(11-9-20)19(24)12-16-4-6-17(23)7-5-16/h4-7,18,23H,3,8-15H2,1-2H3/t18-/m1/s1. The molecular formula is C20H30N2O3. The van der Waals surface area contributed by atoms with Gasteiger partial charge in [0.25, 0.3) is 0 Å². The zero-order valence-electron chi connectivity index (χ0n) is 15.4. The number of amides is 1. The highest BCUT2D eigenvalue weighted by Crippen LogP contribution is 2.42. The molecule has 0 unspecified atom stereocenters. The number of aromatic hydroxyl groups is 1. The number of phenols is 1. The highest BCUT2D eigenvalue weighted by Gasteiger charge is 2.43. The minimum absolute atomic E-state index is 0.182. The molecule has 1 N–H and O–H groups in total. The first-order valence-corrected chi connectivity index (χ1v) is 9.35. The van der Waals surface area contributed by atoms with Gasteiger partial charge in [0, 0.05) is 19.6 Å². The van der Waals surface area contributed by atoms with Gasteiger partial charge in [0.05, 0.1) is 19.1 Å². The molecule has 5 heteroatoms. The van der Waals surface area contributed by atoms with Crippen molar-refractivity contribution in [2.24, 2.45) is 5.41 Å². The number of phenolic OH excluding ortho intramolecular Hbond substituents is 1. The number of nitrogens with zero attached hydrogens (tertiary/aromatic N) is 2. The van der Waals surface area contributed by atoms with Crippen molar-refractivity contribution in [3.8, 4) is 5.75 Å². The number of benzene rings is 1. The third kappa shape index (κ3) is 4.53. The Morgan fingerprint density at radius 3 is 2.64 bits per heavy atom. The summed E-state index contributed by atoms with van der Waals surface area (Å²) in [4.78, 5) is 16.8. The minimum atomic E-state index is 0.182. The highest BCUT2D eigenvalue weighted by atomic mass is 16.5. The van der Waals surface area contributed by atoms with E-state index in [0.717, 1.165) is 57.6 Å². The Morgan fingerprint density at radius 2 is 2.00 bits per heavy atom. The minimum Gasteiger partial charge on any atom is -0.508 e. The predicted octanol–water partition coefficient (Wildman–Crippen LogP) is 2.28. The third-order valence-corrected chi connectivity index (χ3v) is 5.81. The summed E-state index contributed by atoms with van der Waals surface area (Å²) in [6, 6.07) is 6.91. The lowest BCUT2D eigenvalue weighted by atomic mass is 9.76. The van der Waals surface area contributed by atoms with E-state index in [2.05, 4.69) is 18.9 Å².